The second kappa shape index (κ2) is 4.70. The Morgan fingerprint density at radius 1 is 1.56 bits per heavy atom. The van der Waals surface area contributed by atoms with Gasteiger partial charge in [-0.2, -0.15) is 0 Å². The summed E-state index contributed by atoms with van der Waals surface area (Å²) in [6.45, 7) is 3.36. The molecule has 1 aromatic rings. The minimum atomic E-state index is 0.201. The summed E-state index contributed by atoms with van der Waals surface area (Å²) >= 11 is 0. The number of pyridine rings is 1. The average molecular weight is 221 g/mol. The molecule has 1 aliphatic heterocycles. The van der Waals surface area contributed by atoms with Crippen molar-refractivity contribution in [2.75, 3.05) is 30.4 Å². The third-order valence-electron chi connectivity index (χ3n) is 3.35. The van der Waals surface area contributed by atoms with Crippen molar-refractivity contribution in [1.29, 1.82) is 0 Å². The summed E-state index contributed by atoms with van der Waals surface area (Å²) < 4.78 is 0. The first-order chi connectivity index (χ1) is 7.76. The zero-order valence-corrected chi connectivity index (χ0v) is 9.85. The molecule has 0 amide bonds. The molecule has 0 spiro atoms. The van der Waals surface area contributed by atoms with E-state index in [4.69, 9.17) is 0 Å². The molecule has 2 heterocycles. The average Bonchev–Trinajstić information content (AvgIpc) is 2.70. The van der Waals surface area contributed by atoms with Crippen molar-refractivity contribution in [1.82, 2.24) is 4.98 Å². The molecule has 2 rings (SSSR count). The third kappa shape index (κ3) is 1.97. The molecule has 0 saturated carbocycles. The van der Waals surface area contributed by atoms with Gasteiger partial charge in [0.1, 0.15) is 11.6 Å². The van der Waals surface area contributed by atoms with E-state index in [1.807, 2.05) is 25.2 Å². The number of nitrogens with one attached hydrogen (secondary N) is 1. The fourth-order valence-electron chi connectivity index (χ4n) is 2.29. The van der Waals surface area contributed by atoms with Crippen LogP contribution in [-0.2, 0) is 0 Å². The van der Waals surface area contributed by atoms with Crippen LogP contribution in [0.3, 0.4) is 0 Å². The number of hydrogen-bond donors (Lipinski definition) is 2. The number of aromatic nitrogens is 1. The Kier molecular flexibility index (Phi) is 3.29. The van der Waals surface area contributed by atoms with Crippen LogP contribution in [0.1, 0.15) is 13.3 Å². The van der Waals surface area contributed by atoms with Crippen LogP contribution in [0.2, 0.25) is 0 Å². The lowest BCUT2D eigenvalue weighted by molar-refractivity contribution is 0.244. The number of aliphatic hydroxyl groups is 1. The van der Waals surface area contributed by atoms with Gasteiger partial charge in [0.15, 0.2) is 0 Å². The lowest BCUT2D eigenvalue weighted by Crippen LogP contribution is -2.35. The molecule has 1 fully saturated rings. The van der Waals surface area contributed by atoms with Gasteiger partial charge in [-0.05, 0) is 24.5 Å². The van der Waals surface area contributed by atoms with Crippen LogP contribution in [-0.4, -0.2) is 36.3 Å². The number of nitrogens with zero attached hydrogens (tertiary/aromatic N) is 2. The van der Waals surface area contributed by atoms with Crippen LogP contribution < -0.4 is 10.2 Å². The van der Waals surface area contributed by atoms with Gasteiger partial charge in [0.05, 0.1) is 12.6 Å². The smallest absolute Gasteiger partial charge is 0.131 e. The highest BCUT2D eigenvalue weighted by atomic mass is 16.3. The zero-order valence-electron chi connectivity index (χ0n) is 9.85. The van der Waals surface area contributed by atoms with Crippen LogP contribution in [0.15, 0.2) is 18.2 Å². The Balaban J connectivity index is 2.22. The fourth-order valence-corrected chi connectivity index (χ4v) is 2.29. The predicted octanol–water partition coefficient (Wildman–Crippen LogP) is 1.33. The second-order valence-corrected chi connectivity index (χ2v) is 4.34. The lowest BCUT2D eigenvalue weighted by Gasteiger charge is -2.26. The van der Waals surface area contributed by atoms with Gasteiger partial charge in [-0.1, -0.05) is 13.0 Å². The maximum absolute atomic E-state index is 9.41. The summed E-state index contributed by atoms with van der Waals surface area (Å²) in [5.74, 6) is 2.36. The topological polar surface area (TPSA) is 48.4 Å². The molecule has 2 atom stereocenters. The van der Waals surface area contributed by atoms with Crippen molar-refractivity contribution in [3.8, 4) is 0 Å². The monoisotopic (exact) mass is 221 g/mol. The fraction of sp³-hybridized carbons (Fsp3) is 0.583. The normalized spacial score (nSPS) is 24.8. The van der Waals surface area contributed by atoms with Gasteiger partial charge in [-0.3, -0.25) is 0 Å². The van der Waals surface area contributed by atoms with E-state index in [0.717, 1.165) is 24.6 Å². The molecule has 1 aromatic heterocycles. The molecular formula is C12H19N3O. The Labute approximate surface area is 96.3 Å². The number of rotatable bonds is 3. The van der Waals surface area contributed by atoms with E-state index in [1.54, 1.807) is 0 Å². The standard InChI is InChI=1S/C12H19N3O/c1-9-6-7-15(10(9)8-16)12-5-3-4-11(13-2)14-12/h3-5,9-10,16H,6-8H2,1-2H3,(H,13,14). The highest BCUT2D eigenvalue weighted by Crippen LogP contribution is 2.28. The molecule has 4 nitrogen and oxygen atoms in total. The first-order valence-electron chi connectivity index (χ1n) is 5.78. The SMILES string of the molecule is CNc1cccc(N2CCC(C)C2CO)n1. The summed E-state index contributed by atoms with van der Waals surface area (Å²) in [6, 6.07) is 6.14. The van der Waals surface area contributed by atoms with Crippen molar-refractivity contribution >= 4 is 11.6 Å². The van der Waals surface area contributed by atoms with E-state index >= 15 is 0 Å². The van der Waals surface area contributed by atoms with E-state index < -0.39 is 0 Å². The van der Waals surface area contributed by atoms with Crippen molar-refractivity contribution in [3.05, 3.63) is 18.2 Å². The molecule has 0 aromatic carbocycles. The molecule has 0 radical (unpaired) electrons. The maximum Gasteiger partial charge on any atom is 0.131 e. The van der Waals surface area contributed by atoms with Gasteiger partial charge in [0.25, 0.3) is 0 Å². The summed E-state index contributed by atoms with van der Waals surface area (Å²) in [7, 11) is 1.86. The van der Waals surface area contributed by atoms with E-state index in [1.165, 1.54) is 0 Å². The predicted molar refractivity (Wildman–Crippen MR) is 65.8 cm³/mol. The van der Waals surface area contributed by atoms with Crippen LogP contribution in [0.5, 0.6) is 0 Å². The molecule has 2 N–H and O–H groups in total. The Bertz CT molecular complexity index is 356. The zero-order chi connectivity index (χ0) is 11.5. The first-order valence-corrected chi connectivity index (χ1v) is 5.78. The Hall–Kier alpha value is -1.29. The van der Waals surface area contributed by atoms with Crippen molar-refractivity contribution in [2.24, 2.45) is 5.92 Å². The van der Waals surface area contributed by atoms with Gasteiger partial charge in [-0.15, -0.1) is 0 Å². The van der Waals surface area contributed by atoms with Crippen LogP contribution in [0, 0.1) is 5.92 Å². The summed E-state index contributed by atoms with van der Waals surface area (Å²) in [4.78, 5) is 6.71. The molecule has 1 aliphatic rings. The van der Waals surface area contributed by atoms with Gasteiger partial charge in [0.2, 0.25) is 0 Å². The van der Waals surface area contributed by atoms with Crippen LogP contribution in [0.4, 0.5) is 11.6 Å². The Morgan fingerprint density at radius 2 is 2.38 bits per heavy atom. The van der Waals surface area contributed by atoms with Gasteiger partial charge >= 0.3 is 0 Å². The third-order valence-corrected chi connectivity index (χ3v) is 3.35. The largest absolute Gasteiger partial charge is 0.394 e. The van der Waals surface area contributed by atoms with E-state index in [9.17, 15) is 5.11 Å². The van der Waals surface area contributed by atoms with Crippen LogP contribution in [0.25, 0.3) is 0 Å². The van der Waals surface area contributed by atoms with E-state index in [0.29, 0.717) is 5.92 Å². The Morgan fingerprint density at radius 3 is 3.06 bits per heavy atom. The van der Waals surface area contributed by atoms with Gasteiger partial charge in [-0.25, -0.2) is 4.98 Å². The summed E-state index contributed by atoms with van der Waals surface area (Å²) in [6.07, 6.45) is 1.12. The second-order valence-electron chi connectivity index (χ2n) is 4.34. The van der Waals surface area contributed by atoms with Gasteiger partial charge in [0, 0.05) is 13.6 Å². The van der Waals surface area contributed by atoms with Crippen molar-refractivity contribution in [3.63, 3.8) is 0 Å². The molecule has 16 heavy (non-hydrogen) atoms. The van der Waals surface area contributed by atoms with Gasteiger partial charge < -0.3 is 15.3 Å². The minimum Gasteiger partial charge on any atom is -0.394 e. The van der Waals surface area contributed by atoms with Crippen LogP contribution >= 0.6 is 0 Å². The lowest BCUT2D eigenvalue weighted by atomic mass is 10.0. The number of aliphatic hydroxyl groups excluding tert-OH is 1. The molecule has 2 unspecified atom stereocenters. The highest BCUT2D eigenvalue weighted by Gasteiger charge is 2.31. The quantitative estimate of drug-likeness (QED) is 0.808. The molecule has 0 aliphatic carbocycles. The van der Waals surface area contributed by atoms with Crippen molar-refractivity contribution in [2.45, 2.75) is 19.4 Å². The molecule has 4 heteroatoms. The summed E-state index contributed by atoms with van der Waals surface area (Å²) in [5.41, 5.74) is 0. The number of anilines is 2. The minimum absolute atomic E-state index is 0.201. The van der Waals surface area contributed by atoms with E-state index in [-0.39, 0.29) is 12.6 Å². The number of hydrogen-bond acceptors (Lipinski definition) is 4. The molecule has 1 saturated heterocycles. The molecule has 0 bridgehead atoms. The first kappa shape index (κ1) is 11.2. The van der Waals surface area contributed by atoms with Crippen molar-refractivity contribution < 1.29 is 5.11 Å². The molecule has 88 valence electrons. The summed E-state index contributed by atoms with van der Waals surface area (Å²) in [5, 5.41) is 12.4. The highest BCUT2D eigenvalue weighted by molar-refractivity contribution is 5.48. The van der Waals surface area contributed by atoms with E-state index in [2.05, 4.69) is 22.1 Å². The maximum atomic E-state index is 9.41. The molecular weight excluding hydrogens is 202 g/mol.